The Kier molecular flexibility index (Phi) is 9.51. The number of hydrogen-bond donors (Lipinski definition) is 1. The van der Waals surface area contributed by atoms with Gasteiger partial charge in [-0.25, -0.2) is 0 Å². The van der Waals surface area contributed by atoms with Crippen LogP contribution in [0.1, 0.15) is 42.0 Å². The fraction of sp³-hybridized carbons (Fsp3) is 0.227. The third kappa shape index (κ3) is 7.05. The van der Waals surface area contributed by atoms with Gasteiger partial charge in [-0.05, 0) is 47.0 Å². The van der Waals surface area contributed by atoms with E-state index in [-0.39, 0.29) is 17.8 Å². The molecule has 5 aromatic rings. The van der Waals surface area contributed by atoms with Crippen LogP contribution in [0.4, 0.5) is 5.69 Å². The molecular weight excluding hydrogens is 665 g/mol. The minimum atomic E-state index is -1.47. The van der Waals surface area contributed by atoms with Crippen molar-refractivity contribution in [3.05, 3.63) is 159 Å². The summed E-state index contributed by atoms with van der Waals surface area (Å²) in [6, 6.07) is 35.3. The Bertz CT molecular complexity index is 2280. The average Bonchev–Trinajstić information content (AvgIpc) is 3.57. The topological polar surface area (TPSA) is 57.6 Å². The molecule has 5 nitrogen and oxygen atoms in total. The molecule has 0 saturated heterocycles. The van der Waals surface area contributed by atoms with E-state index in [0.717, 1.165) is 27.2 Å². The lowest BCUT2D eigenvalue weighted by Crippen LogP contribution is -2.37. The number of ketones is 1. The average molecular weight is 708 g/mol. The minimum Gasteiger partial charge on any atom is -0.398 e. The molecule has 0 spiro atoms. The van der Waals surface area contributed by atoms with Crippen molar-refractivity contribution in [3.8, 4) is 11.5 Å². The van der Waals surface area contributed by atoms with E-state index >= 15 is 0 Å². The van der Waals surface area contributed by atoms with Crippen LogP contribution < -0.4 is 9.47 Å². The summed E-state index contributed by atoms with van der Waals surface area (Å²) in [5.74, 6) is 4.58. The Morgan fingerprint density at radius 2 is 1.59 bits per heavy atom. The van der Waals surface area contributed by atoms with Crippen LogP contribution in [0.25, 0.3) is 17.2 Å². The highest BCUT2D eigenvalue weighted by Gasteiger charge is 2.42. The van der Waals surface area contributed by atoms with Crippen molar-refractivity contribution in [2.24, 2.45) is 0 Å². The molecule has 51 heavy (non-hydrogen) atoms. The van der Waals surface area contributed by atoms with Gasteiger partial charge in [0.25, 0.3) is 5.52 Å². The molecule has 1 aromatic heterocycles. The number of oxazole rings is 1. The largest absolute Gasteiger partial charge is 0.398 e. The summed E-state index contributed by atoms with van der Waals surface area (Å²) in [5, 5.41) is 9.91. The number of aliphatic hydroxyl groups is 1. The molecular formula is C44H43N2O3SSi+. The van der Waals surface area contributed by atoms with Crippen LogP contribution in [0.5, 0.6) is 0 Å². The first-order valence-corrected chi connectivity index (χ1v) is 21.9. The number of para-hydroxylation sites is 3. The highest BCUT2D eigenvalue weighted by molar-refractivity contribution is 8.02. The van der Waals surface area contributed by atoms with Gasteiger partial charge >= 0.3 is 5.89 Å². The molecule has 1 aliphatic carbocycles. The lowest BCUT2D eigenvalue weighted by atomic mass is 9.81. The van der Waals surface area contributed by atoms with E-state index < -0.39 is 8.07 Å². The van der Waals surface area contributed by atoms with Crippen molar-refractivity contribution in [3.63, 3.8) is 0 Å². The fourth-order valence-electron chi connectivity index (χ4n) is 6.74. The molecule has 0 bridgehead atoms. The smallest absolute Gasteiger partial charge is 0.374 e. The van der Waals surface area contributed by atoms with Crippen molar-refractivity contribution >= 4 is 48.5 Å². The molecule has 256 valence electrons. The molecule has 7 heteroatoms. The van der Waals surface area contributed by atoms with Gasteiger partial charge in [0.2, 0.25) is 5.58 Å². The Morgan fingerprint density at radius 3 is 2.33 bits per heavy atom. The van der Waals surface area contributed by atoms with Crippen molar-refractivity contribution in [2.75, 3.05) is 11.5 Å². The number of fused-ring (bicyclic) bond motifs is 2. The van der Waals surface area contributed by atoms with Crippen molar-refractivity contribution in [2.45, 2.75) is 57.7 Å². The maximum atomic E-state index is 14.3. The Labute approximate surface area is 306 Å². The number of carbonyl (C=O) groups excluding carboxylic acids is 1. The number of aromatic nitrogens is 1. The van der Waals surface area contributed by atoms with Gasteiger partial charge in [0.05, 0.1) is 6.08 Å². The Balaban J connectivity index is 1.31. The molecule has 0 saturated carbocycles. The summed E-state index contributed by atoms with van der Waals surface area (Å²) in [6.45, 7) is 12.3. The molecule has 2 heterocycles. The molecule has 4 aromatic carbocycles. The van der Waals surface area contributed by atoms with Crippen LogP contribution >= 0.6 is 11.8 Å². The summed E-state index contributed by atoms with van der Waals surface area (Å²) >= 11 is 1.68. The molecule has 1 N–H and O–H groups in total. The minimum absolute atomic E-state index is 0.00982. The van der Waals surface area contributed by atoms with Crippen molar-refractivity contribution in [1.82, 2.24) is 0 Å². The number of allylic oxidation sites excluding steroid dienone is 4. The van der Waals surface area contributed by atoms with Gasteiger partial charge in [0.1, 0.15) is 14.7 Å². The van der Waals surface area contributed by atoms with E-state index in [9.17, 15) is 9.90 Å². The highest BCUT2D eigenvalue weighted by atomic mass is 32.2. The summed E-state index contributed by atoms with van der Waals surface area (Å²) in [4.78, 5) is 17.6. The Morgan fingerprint density at radius 1 is 0.882 bits per heavy atom. The van der Waals surface area contributed by atoms with Crippen LogP contribution in [0.15, 0.2) is 135 Å². The third-order valence-corrected chi connectivity index (χ3v) is 11.5. The number of hydrogen-bond acceptors (Lipinski definition) is 5. The lowest BCUT2D eigenvalue weighted by molar-refractivity contribution is -0.679. The SMILES string of the molecule is CC1(C)/C(=C\C2=C(SCc3ccc(C#C[Si](C)(C)C)cc3)C(=C/c3oc4ccccc4[n+]3CCO)/C2=O)N(Cc2ccccc2)c2ccccc21. The van der Waals surface area contributed by atoms with Crippen molar-refractivity contribution in [1.29, 1.82) is 0 Å². The second kappa shape index (κ2) is 14.0. The zero-order valence-corrected chi connectivity index (χ0v) is 31.7. The molecule has 0 radical (unpaired) electrons. The Hall–Kier alpha value is -4.87. The van der Waals surface area contributed by atoms with Gasteiger partial charge in [-0.3, -0.25) is 4.79 Å². The number of aliphatic hydroxyl groups excluding tert-OH is 1. The first-order valence-electron chi connectivity index (χ1n) is 17.4. The predicted molar refractivity (Wildman–Crippen MR) is 212 cm³/mol. The van der Waals surface area contributed by atoms with Crippen LogP contribution in [-0.2, 0) is 29.1 Å². The predicted octanol–water partition coefficient (Wildman–Crippen LogP) is 8.98. The van der Waals surface area contributed by atoms with Gasteiger partial charge in [0.15, 0.2) is 12.3 Å². The number of anilines is 1. The fourth-order valence-corrected chi connectivity index (χ4v) is 8.38. The van der Waals surface area contributed by atoms with Crippen LogP contribution in [0.2, 0.25) is 19.6 Å². The summed E-state index contributed by atoms with van der Waals surface area (Å²) in [5.41, 5.74) is 13.0. The van der Waals surface area contributed by atoms with E-state index in [1.165, 1.54) is 16.8 Å². The number of thioether (sulfide) groups is 1. The number of nitrogens with zero attached hydrogens (tertiary/aromatic N) is 2. The summed E-state index contributed by atoms with van der Waals surface area (Å²) < 4.78 is 8.20. The monoisotopic (exact) mass is 707 g/mol. The third-order valence-electron chi connectivity index (χ3n) is 9.39. The molecule has 7 rings (SSSR count). The maximum Gasteiger partial charge on any atom is 0.374 e. The molecule has 0 amide bonds. The van der Waals surface area contributed by atoms with E-state index in [1.54, 1.807) is 11.8 Å². The van der Waals surface area contributed by atoms with Gasteiger partial charge in [-0.15, -0.1) is 17.3 Å². The van der Waals surface area contributed by atoms with E-state index in [2.05, 4.69) is 129 Å². The number of carbonyl (C=O) groups is 1. The lowest BCUT2D eigenvalue weighted by Gasteiger charge is -2.30. The van der Waals surface area contributed by atoms with Crippen LogP contribution in [0.3, 0.4) is 0 Å². The summed E-state index contributed by atoms with van der Waals surface area (Å²) in [7, 11) is -1.47. The number of Topliss-reactive ketones (excluding diaryl/α,β-unsaturated/α-hetero) is 1. The molecule has 0 unspecified atom stereocenters. The molecule has 0 atom stereocenters. The quantitative estimate of drug-likeness (QED) is 0.0718. The van der Waals surface area contributed by atoms with Gasteiger partial charge in [0, 0.05) is 56.8 Å². The molecule has 1 aliphatic heterocycles. The summed E-state index contributed by atoms with van der Waals surface area (Å²) in [6.07, 6.45) is 3.98. The first kappa shape index (κ1) is 34.6. The van der Waals surface area contributed by atoms with Gasteiger partial charge < -0.3 is 14.4 Å². The van der Waals surface area contributed by atoms with Crippen LogP contribution in [-0.4, -0.2) is 25.6 Å². The number of rotatable bonds is 9. The van der Waals surface area contributed by atoms with E-state index in [4.69, 9.17) is 4.42 Å². The zero-order valence-electron chi connectivity index (χ0n) is 29.9. The number of benzene rings is 4. The zero-order chi connectivity index (χ0) is 35.8. The van der Waals surface area contributed by atoms with Crippen molar-refractivity contribution < 1.29 is 18.9 Å². The first-order chi connectivity index (χ1) is 24.5. The standard InChI is InChI=1S/C44H43N2O3SSi/c1-44(2)36-15-9-10-16-37(36)46(29-32-13-7-6-8-14-32)40(44)27-34-42(48)35(28-41-45(24-25-47)38-17-11-12-18-39(38)49-41)43(34)50-30-33-21-19-31(20-22-33)23-26-51(3,4)5/h6-22,27-28,47H,24-25,29-30H2,1-5H3/q+1. The normalized spacial score (nSPS) is 16.8. The molecule has 2 aliphatic rings. The van der Waals surface area contributed by atoms with E-state index in [1.807, 2.05) is 41.0 Å². The highest BCUT2D eigenvalue weighted by Crippen LogP contribution is 2.51. The van der Waals surface area contributed by atoms with Crippen LogP contribution in [0, 0.1) is 11.5 Å². The van der Waals surface area contributed by atoms with Gasteiger partial charge in [-0.2, -0.15) is 4.57 Å². The maximum absolute atomic E-state index is 14.3. The molecule has 0 fully saturated rings. The second-order valence-electron chi connectivity index (χ2n) is 14.6. The van der Waals surface area contributed by atoms with Gasteiger partial charge in [-0.1, -0.05) is 112 Å². The second-order valence-corrected chi connectivity index (χ2v) is 20.4. The van der Waals surface area contributed by atoms with E-state index in [0.29, 0.717) is 41.5 Å².